The van der Waals surface area contributed by atoms with Gasteiger partial charge >= 0.3 is 5.97 Å². The second-order valence-corrected chi connectivity index (χ2v) is 3.40. The number of aromatic nitrogens is 2. The molecule has 5 heteroatoms. The van der Waals surface area contributed by atoms with Crippen molar-refractivity contribution in [1.82, 2.24) is 9.78 Å². The highest BCUT2D eigenvalue weighted by Gasteiger charge is 2.19. The van der Waals surface area contributed by atoms with Gasteiger partial charge in [0.1, 0.15) is 6.23 Å². The molecule has 1 aromatic heterocycles. The van der Waals surface area contributed by atoms with Gasteiger partial charge in [0.05, 0.1) is 18.4 Å². The summed E-state index contributed by atoms with van der Waals surface area (Å²) in [6, 6.07) is 0. The van der Waals surface area contributed by atoms with Gasteiger partial charge in [-0.3, -0.25) is 0 Å². The Morgan fingerprint density at radius 3 is 3.33 bits per heavy atom. The van der Waals surface area contributed by atoms with E-state index in [0.717, 1.165) is 19.4 Å². The summed E-state index contributed by atoms with van der Waals surface area (Å²) in [7, 11) is 0. The molecule has 0 bridgehead atoms. The van der Waals surface area contributed by atoms with E-state index in [1.807, 2.05) is 0 Å². The Morgan fingerprint density at radius 1 is 1.80 bits per heavy atom. The molecule has 15 heavy (non-hydrogen) atoms. The molecule has 1 aliphatic rings. The van der Waals surface area contributed by atoms with Crippen LogP contribution in [0.25, 0.3) is 0 Å². The quantitative estimate of drug-likeness (QED) is 0.707. The molecule has 1 unspecified atom stereocenters. The highest BCUT2D eigenvalue weighted by Crippen LogP contribution is 2.22. The van der Waals surface area contributed by atoms with Crippen LogP contribution in [0.15, 0.2) is 12.4 Å². The normalized spacial score (nSPS) is 20.5. The molecule has 0 spiro atoms. The minimum Gasteiger partial charge on any atom is -0.462 e. The summed E-state index contributed by atoms with van der Waals surface area (Å²) in [5, 5.41) is 4.09. The predicted octanol–water partition coefficient (Wildman–Crippen LogP) is 1.37. The van der Waals surface area contributed by atoms with Gasteiger partial charge in [0.15, 0.2) is 0 Å². The van der Waals surface area contributed by atoms with Crippen LogP contribution in [0, 0.1) is 0 Å². The maximum atomic E-state index is 11.4. The zero-order chi connectivity index (χ0) is 10.7. The van der Waals surface area contributed by atoms with Crippen molar-refractivity contribution in [1.29, 1.82) is 0 Å². The first-order valence-corrected chi connectivity index (χ1v) is 5.14. The first-order valence-electron chi connectivity index (χ1n) is 5.14. The number of carbonyl (C=O) groups excluding carboxylic acids is 1. The molecular weight excluding hydrogens is 196 g/mol. The van der Waals surface area contributed by atoms with Gasteiger partial charge in [0, 0.05) is 12.8 Å². The molecule has 1 aliphatic heterocycles. The number of rotatable bonds is 3. The lowest BCUT2D eigenvalue weighted by Gasteiger charge is -2.08. The van der Waals surface area contributed by atoms with Crippen molar-refractivity contribution in [3.63, 3.8) is 0 Å². The van der Waals surface area contributed by atoms with Gasteiger partial charge in [-0.25, -0.2) is 9.48 Å². The number of hydrogen-bond acceptors (Lipinski definition) is 4. The number of esters is 1. The van der Waals surface area contributed by atoms with Crippen LogP contribution in [0.5, 0.6) is 0 Å². The van der Waals surface area contributed by atoms with E-state index in [2.05, 4.69) is 5.10 Å². The van der Waals surface area contributed by atoms with E-state index in [0.29, 0.717) is 12.2 Å². The Morgan fingerprint density at radius 2 is 2.67 bits per heavy atom. The molecule has 82 valence electrons. The Hall–Kier alpha value is -1.36. The van der Waals surface area contributed by atoms with E-state index in [4.69, 9.17) is 9.47 Å². The summed E-state index contributed by atoms with van der Waals surface area (Å²) in [6.07, 6.45) is 5.16. The summed E-state index contributed by atoms with van der Waals surface area (Å²) in [6.45, 7) is 2.92. The maximum absolute atomic E-state index is 11.4. The van der Waals surface area contributed by atoms with Crippen molar-refractivity contribution in [3.8, 4) is 0 Å². The van der Waals surface area contributed by atoms with Gasteiger partial charge in [-0.2, -0.15) is 5.10 Å². The van der Waals surface area contributed by atoms with E-state index in [1.54, 1.807) is 17.8 Å². The number of carbonyl (C=O) groups is 1. The average molecular weight is 210 g/mol. The van der Waals surface area contributed by atoms with Crippen LogP contribution in [0.3, 0.4) is 0 Å². The SMILES string of the molecule is CCOC(=O)c1cnn(C2CCCO2)c1. The lowest BCUT2D eigenvalue weighted by atomic mass is 10.3. The van der Waals surface area contributed by atoms with Gasteiger partial charge in [0.2, 0.25) is 0 Å². The van der Waals surface area contributed by atoms with Crippen LogP contribution in [0.1, 0.15) is 36.4 Å². The lowest BCUT2D eigenvalue weighted by molar-refractivity contribution is 0.0460. The zero-order valence-corrected chi connectivity index (χ0v) is 8.68. The van der Waals surface area contributed by atoms with Gasteiger partial charge in [-0.1, -0.05) is 0 Å². The van der Waals surface area contributed by atoms with Crippen LogP contribution in [-0.4, -0.2) is 29.0 Å². The summed E-state index contributed by atoms with van der Waals surface area (Å²) < 4.78 is 12.0. The molecule has 0 radical (unpaired) electrons. The fourth-order valence-corrected chi connectivity index (χ4v) is 1.58. The molecule has 2 rings (SSSR count). The van der Waals surface area contributed by atoms with Crippen molar-refractivity contribution in [2.24, 2.45) is 0 Å². The van der Waals surface area contributed by atoms with Gasteiger partial charge in [-0.05, 0) is 19.8 Å². The Labute approximate surface area is 88.0 Å². The van der Waals surface area contributed by atoms with Crippen molar-refractivity contribution in [2.75, 3.05) is 13.2 Å². The molecule has 0 N–H and O–H groups in total. The van der Waals surface area contributed by atoms with E-state index in [1.165, 1.54) is 6.20 Å². The minimum absolute atomic E-state index is 0.0202. The molecule has 5 nitrogen and oxygen atoms in total. The molecule has 1 atom stereocenters. The second-order valence-electron chi connectivity index (χ2n) is 3.40. The molecule has 2 heterocycles. The molecule has 0 aromatic carbocycles. The molecule has 0 amide bonds. The smallest absolute Gasteiger partial charge is 0.341 e. The van der Waals surface area contributed by atoms with E-state index >= 15 is 0 Å². The first kappa shape index (κ1) is 10.2. The Bertz CT molecular complexity index is 342. The third-order valence-corrected chi connectivity index (χ3v) is 2.31. The van der Waals surface area contributed by atoms with E-state index in [-0.39, 0.29) is 12.2 Å². The van der Waals surface area contributed by atoms with E-state index in [9.17, 15) is 4.79 Å². The van der Waals surface area contributed by atoms with Crippen LogP contribution in [0.4, 0.5) is 0 Å². The maximum Gasteiger partial charge on any atom is 0.341 e. The minimum atomic E-state index is -0.332. The Kier molecular flexibility index (Phi) is 3.01. The summed E-state index contributed by atoms with van der Waals surface area (Å²) >= 11 is 0. The zero-order valence-electron chi connectivity index (χ0n) is 8.68. The highest BCUT2D eigenvalue weighted by atomic mass is 16.5. The summed E-state index contributed by atoms with van der Waals surface area (Å²) in [5.74, 6) is -0.332. The largest absolute Gasteiger partial charge is 0.462 e. The fourth-order valence-electron chi connectivity index (χ4n) is 1.58. The van der Waals surface area contributed by atoms with Crippen molar-refractivity contribution < 1.29 is 14.3 Å². The summed E-state index contributed by atoms with van der Waals surface area (Å²) in [5.41, 5.74) is 0.479. The molecular formula is C10H14N2O3. The number of ether oxygens (including phenoxy) is 2. The monoisotopic (exact) mass is 210 g/mol. The van der Waals surface area contributed by atoms with Gasteiger partial charge in [0.25, 0.3) is 0 Å². The Balaban J connectivity index is 2.06. The second kappa shape index (κ2) is 4.44. The van der Waals surface area contributed by atoms with Crippen LogP contribution in [-0.2, 0) is 9.47 Å². The van der Waals surface area contributed by atoms with Gasteiger partial charge < -0.3 is 9.47 Å². The molecule has 1 saturated heterocycles. The lowest BCUT2D eigenvalue weighted by Crippen LogP contribution is -2.08. The van der Waals surface area contributed by atoms with Crippen LogP contribution in [0.2, 0.25) is 0 Å². The first-order chi connectivity index (χ1) is 7.31. The predicted molar refractivity (Wildman–Crippen MR) is 52.4 cm³/mol. The van der Waals surface area contributed by atoms with Gasteiger partial charge in [-0.15, -0.1) is 0 Å². The number of nitrogens with zero attached hydrogens (tertiary/aromatic N) is 2. The average Bonchev–Trinajstić information content (AvgIpc) is 2.89. The summed E-state index contributed by atoms with van der Waals surface area (Å²) in [4.78, 5) is 11.4. The molecule has 0 saturated carbocycles. The van der Waals surface area contributed by atoms with Crippen molar-refractivity contribution in [3.05, 3.63) is 18.0 Å². The van der Waals surface area contributed by atoms with E-state index < -0.39 is 0 Å². The van der Waals surface area contributed by atoms with Crippen LogP contribution >= 0.6 is 0 Å². The third kappa shape index (κ3) is 2.18. The number of hydrogen-bond donors (Lipinski definition) is 0. The standard InChI is InChI=1S/C10H14N2O3/c1-2-14-10(13)8-6-11-12(7-8)9-4-3-5-15-9/h6-7,9H,2-5H2,1H3. The van der Waals surface area contributed by atoms with Crippen molar-refractivity contribution >= 4 is 5.97 Å². The molecule has 0 aliphatic carbocycles. The van der Waals surface area contributed by atoms with Crippen LogP contribution < -0.4 is 0 Å². The molecule has 1 aromatic rings. The highest BCUT2D eigenvalue weighted by molar-refractivity contribution is 5.88. The fraction of sp³-hybridized carbons (Fsp3) is 0.600. The molecule has 1 fully saturated rings. The van der Waals surface area contributed by atoms with Crippen molar-refractivity contribution in [2.45, 2.75) is 26.0 Å². The topological polar surface area (TPSA) is 53.3 Å². The third-order valence-electron chi connectivity index (χ3n) is 2.31.